The molecule has 0 aliphatic heterocycles. The maximum Gasteiger partial charge on any atom is 0.231 e. The monoisotopic (exact) mass is 431 g/mol. The molecule has 3 aromatic carbocycles. The first-order valence-electron chi connectivity index (χ1n) is 11.8. The molecule has 168 valence electrons. The first kappa shape index (κ1) is 23.7. The summed E-state index contributed by atoms with van der Waals surface area (Å²) in [5.74, 6) is 0.490. The average molecular weight is 432 g/mol. The van der Waals surface area contributed by atoms with Gasteiger partial charge in [-0.15, -0.1) is 0 Å². The van der Waals surface area contributed by atoms with Gasteiger partial charge in [-0.3, -0.25) is 9.69 Å². The molecule has 3 rings (SSSR count). The lowest BCUT2D eigenvalue weighted by molar-refractivity contribution is -0.118. The standard InChI is InChI=1S/C29H34FNO/c1-2-3-11-24(12-10-13-25-18-21-26(30)22-19-25)20-23-29(32)31(27-14-6-4-7-15-27)28-16-8-5-9-17-28/h4-9,14-19,21-22,24H,2-3,10-13,20,23H2,1H3/t24-/m1/s1. The van der Waals surface area contributed by atoms with E-state index in [2.05, 4.69) is 6.92 Å². The number of amides is 1. The summed E-state index contributed by atoms with van der Waals surface area (Å²) in [5, 5.41) is 0. The molecule has 1 atom stereocenters. The van der Waals surface area contributed by atoms with E-state index in [-0.39, 0.29) is 11.7 Å². The van der Waals surface area contributed by atoms with Gasteiger partial charge in [-0.2, -0.15) is 0 Å². The second-order valence-corrected chi connectivity index (χ2v) is 8.47. The van der Waals surface area contributed by atoms with Crippen molar-refractivity contribution in [2.75, 3.05) is 4.90 Å². The molecule has 0 aromatic heterocycles. The average Bonchev–Trinajstić information content (AvgIpc) is 2.83. The van der Waals surface area contributed by atoms with Crippen LogP contribution in [0.3, 0.4) is 0 Å². The number of para-hydroxylation sites is 2. The third kappa shape index (κ3) is 7.33. The molecular weight excluding hydrogens is 397 g/mol. The van der Waals surface area contributed by atoms with Crippen LogP contribution in [0.25, 0.3) is 0 Å². The van der Waals surface area contributed by atoms with Crippen LogP contribution in [0.1, 0.15) is 57.4 Å². The van der Waals surface area contributed by atoms with E-state index in [1.165, 1.54) is 30.5 Å². The number of anilines is 2. The predicted molar refractivity (Wildman–Crippen MR) is 132 cm³/mol. The normalized spacial score (nSPS) is 11.8. The molecule has 0 saturated heterocycles. The van der Waals surface area contributed by atoms with Gasteiger partial charge in [-0.05, 0) is 67.1 Å². The zero-order valence-electron chi connectivity index (χ0n) is 19.1. The Morgan fingerprint density at radius 2 is 1.34 bits per heavy atom. The molecule has 0 aliphatic carbocycles. The lowest BCUT2D eigenvalue weighted by Crippen LogP contribution is -2.26. The van der Waals surface area contributed by atoms with Crippen LogP contribution < -0.4 is 4.90 Å². The third-order valence-corrected chi connectivity index (χ3v) is 6.00. The van der Waals surface area contributed by atoms with Crippen molar-refractivity contribution in [2.45, 2.75) is 58.3 Å². The number of benzene rings is 3. The number of hydrogen-bond donors (Lipinski definition) is 0. The van der Waals surface area contributed by atoms with Crippen molar-refractivity contribution in [3.8, 4) is 0 Å². The molecule has 0 fully saturated rings. The van der Waals surface area contributed by atoms with E-state index in [4.69, 9.17) is 0 Å². The Balaban J connectivity index is 1.61. The van der Waals surface area contributed by atoms with Gasteiger partial charge in [0, 0.05) is 17.8 Å². The summed E-state index contributed by atoms with van der Waals surface area (Å²) in [7, 11) is 0. The van der Waals surface area contributed by atoms with Crippen LogP contribution in [0.2, 0.25) is 0 Å². The number of hydrogen-bond acceptors (Lipinski definition) is 1. The van der Waals surface area contributed by atoms with Gasteiger partial charge in [0.25, 0.3) is 0 Å². The van der Waals surface area contributed by atoms with Crippen molar-refractivity contribution in [3.63, 3.8) is 0 Å². The van der Waals surface area contributed by atoms with E-state index in [1.54, 1.807) is 0 Å². The molecule has 0 heterocycles. The summed E-state index contributed by atoms with van der Waals surface area (Å²) in [6.07, 6.45) is 8.07. The summed E-state index contributed by atoms with van der Waals surface area (Å²) < 4.78 is 13.1. The predicted octanol–water partition coefficient (Wildman–Crippen LogP) is 8.10. The van der Waals surface area contributed by atoms with Crippen LogP contribution in [0.4, 0.5) is 15.8 Å². The zero-order chi connectivity index (χ0) is 22.6. The van der Waals surface area contributed by atoms with Crippen LogP contribution >= 0.6 is 0 Å². The summed E-state index contributed by atoms with van der Waals surface area (Å²) >= 11 is 0. The molecule has 0 aliphatic rings. The van der Waals surface area contributed by atoms with Gasteiger partial charge in [0.2, 0.25) is 5.91 Å². The highest BCUT2D eigenvalue weighted by atomic mass is 19.1. The summed E-state index contributed by atoms with van der Waals surface area (Å²) in [6.45, 7) is 2.22. The number of carbonyl (C=O) groups is 1. The largest absolute Gasteiger partial charge is 0.281 e. The van der Waals surface area contributed by atoms with Gasteiger partial charge >= 0.3 is 0 Å². The Morgan fingerprint density at radius 3 is 1.91 bits per heavy atom. The summed E-state index contributed by atoms with van der Waals surface area (Å²) in [4.78, 5) is 15.2. The molecule has 0 saturated carbocycles. The van der Waals surface area contributed by atoms with E-state index in [0.717, 1.165) is 43.5 Å². The molecule has 0 unspecified atom stereocenters. The highest BCUT2D eigenvalue weighted by Gasteiger charge is 2.19. The molecule has 0 bridgehead atoms. The Kier molecular flexibility index (Phi) is 9.49. The highest BCUT2D eigenvalue weighted by Crippen LogP contribution is 2.28. The lowest BCUT2D eigenvalue weighted by Gasteiger charge is -2.24. The first-order valence-corrected chi connectivity index (χ1v) is 11.8. The van der Waals surface area contributed by atoms with Crippen LogP contribution in [0.15, 0.2) is 84.9 Å². The Hall–Kier alpha value is -2.94. The molecule has 32 heavy (non-hydrogen) atoms. The van der Waals surface area contributed by atoms with E-state index < -0.39 is 0 Å². The van der Waals surface area contributed by atoms with Gasteiger partial charge in [-0.25, -0.2) is 4.39 Å². The minimum atomic E-state index is -0.186. The summed E-state index contributed by atoms with van der Waals surface area (Å²) in [5.41, 5.74) is 2.99. The van der Waals surface area contributed by atoms with Crippen molar-refractivity contribution in [2.24, 2.45) is 5.92 Å². The van der Waals surface area contributed by atoms with Crippen LogP contribution in [0, 0.1) is 11.7 Å². The van der Waals surface area contributed by atoms with Crippen LogP contribution in [-0.4, -0.2) is 5.91 Å². The third-order valence-electron chi connectivity index (χ3n) is 6.00. The van der Waals surface area contributed by atoms with E-state index in [9.17, 15) is 9.18 Å². The molecular formula is C29H34FNO. The van der Waals surface area contributed by atoms with Crippen molar-refractivity contribution in [1.82, 2.24) is 0 Å². The van der Waals surface area contributed by atoms with Gasteiger partial charge in [-0.1, -0.05) is 81.1 Å². The van der Waals surface area contributed by atoms with E-state index in [1.807, 2.05) is 77.7 Å². The van der Waals surface area contributed by atoms with Crippen LogP contribution in [0.5, 0.6) is 0 Å². The number of nitrogens with zero attached hydrogens (tertiary/aromatic N) is 1. The smallest absolute Gasteiger partial charge is 0.231 e. The quantitative estimate of drug-likeness (QED) is 0.284. The van der Waals surface area contributed by atoms with Crippen molar-refractivity contribution in [1.29, 1.82) is 0 Å². The van der Waals surface area contributed by atoms with Crippen molar-refractivity contribution >= 4 is 17.3 Å². The Morgan fingerprint density at radius 1 is 0.781 bits per heavy atom. The molecule has 3 heteroatoms. The van der Waals surface area contributed by atoms with E-state index >= 15 is 0 Å². The van der Waals surface area contributed by atoms with E-state index in [0.29, 0.717) is 12.3 Å². The second-order valence-electron chi connectivity index (χ2n) is 8.47. The molecule has 0 radical (unpaired) electrons. The molecule has 2 nitrogen and oxygen atoms in total. The fourth-order valence-corrected chi connectivity index (χ4v) is 4.20. The minimum absolute atomic E-state index is 0.141. The number of rotatable bonds is 12. The van der Waals surface area contributed by atoms with Gasteiger partial charge in [0.1, 0.15) is 5.82 Å². The first-order chi connectivity index (χ1) is 15.7. The highest BCUT2D eigenvalue weighted by molar-refractivity contribution is 6.00. The molecule has 0 N–H and O–H groups in total. The molecule has 0 spiro atoms. The van der Waals surface area contributed by atoms with Crippen LogP contribution in [-0.2, 0) is 11.2 Å². The fraction of sp³-hybridized carbons (Fsp3) is 0.345. The zero-order valence-corrected chi connectivity index (χ0v) is 19.1. The number of halogens is 1. The minimum Gasteiger partial charge on any atom is -0.281 e. The second kappa shape index (κ2) is 12.8. The number of carbonyl (C=O) groups excluding carboxylic acids is 1. The number of aryl methyl sites for hydroxylation is 1. The molecule has 3 aromatic rings. The Labute approximate surface area is 192 Å². The molecule has 1 amide bonds. The van der Waals surface area contributed by atoms with Gasteiger partial charge in [0.05, 0.1) is 0 Å². The summed E-state index contributed by atoms with van der Waals surface area (Å²) in [6, 6.07) is 26.6. The lowest BCUT2D eigenvalue weighted by atomic mass is 9.90. The van der Waals surface area contributed by atoms with Gasteiger partial charge in [0.15, 0.2) is 0 Å². The number of unbranched alkanes of at least 4 members (excludes halogenated alkanes) is 1. The fourth-order valence-electron chi connectivity index (χ4n) is 4.20. The maximum atomic E-state index is 13.3. The topological polar surface area (TPSA) is 20.3 Å². The van der Waals surface area contributed by atoms with Crippen molar-refractivity contribution < 1.29 is 9.18 Å². The Bertz CT molecular complexity index is 885. The van der Waals surface area contributed by atoms with Crippen molar-refractivity contribution in [3.05, 3.63) is 96.3 Å². The maximum absolute atomic E-state index is 13.3. The van der Waals surface area contributed by atoms with Gasteiger partial charge < -0.3 is 0 Å². The SMILES string of the molecule is CCCC[C@H](CCCc1ccc(F)cc1)CCC(=O)N(c1ccccc1)c1ccccc1.